The Kier molecular flexibility index (Phi) is 3.99. The summed E-state index contributed by atoms with van der Waals surface area (Å²) in [7, 11) is -3.74. The number of nitrogens with one attached hydrogen (secondary N) is 1. The predicted molar refractivity (Wildman–Crippen MR) is 76.2 cm³/mol. The topological polar surface area (TPSA) is 59.1 Å². The average Bonchev–Trinajstić information content (AvgIpc) is 2.31. The van der Waals surface area contributed by atoms with Crippen LogP contribution in [-0.2, 0) is 10.0 Å². The lowest BCUT2D eigenvalue weighted by Crippen LogP contribution is -2.13. The van der Waals surface area contributed by atoms with Gasteiger partial charge in [0.2, 0.25) is 0 Å². The van der Waals surface area contributed by atoms with E-state index in [9.17, 15) is 8.42 Å². The Balaban J connectivity index is 2.35. The lowest BCUT2D eigenvalue weighted by atomic mass is 10.2. The molecule has 0 fully saturated rings. The van der Waals surface area contributed by atoms with Gasteiger partial charge in [0.25, 0.3) is 10.0 Å². The summed E-state index contributed by atoms with van der Waals surface area (Å²) in [6, 6.07) is 7.76. The third kappa shape index (κ3) is 3.37. The summed E-state index contributed by atoms with van der Waals surface area (Å²) >= 11 is 11.6. The summed E-state index contributed by atoms with van der Waals surface area (Å²) in [4.78, 5) is 3.82. The Hall–Kier alpha value is -1.30. The zero-order valence-corrected chi connectivity index (χ0v) is 12.2. The van der Waals surface area contributed by atoms with Crippen molar-refractivity contribution in [2.75, 3.05) is 4.72 Å². The van der Waals surface area contributed by atoms with Gasteiger partial charge in [-0.2, -0.15) is 0 Å². The SMILES string of the molecule is Cc1ccc(S(=O)(=O)Nc2ccc(Cl)nc2)c(Cl)c1. The smallest absolute Gasteiger partial charge is 0.263 e. The number of hydrogen-bond donors (Lipinski definition) is 1. The molecular weight excluding hydrogens is 307 g/mol. The number of rotatable bonds is 3. The summed E-state index contributed by atoms with van der Waals surface area (Å²) in [6.45, 7) is 1.83. The van der Waals surface area contributed by atoms with Gasteiger partial charge >= 0.3 is 0 Å². The van der Waals surface area contributed by atoms with Crippen LogP contribution in [0.4, 0.5) is 5.69 Å². The second-order valence-corrected chi connectivity index (χ2v) is 6.35. The number of sulfonamides is 1. The molecule has 2 rings (SSSR count). The van der Waals surface area contributed by atoms with E-state index >= 15 is 0 Å². The first-order valence-corrected chi connectivity index (χ1v) is 7.53. The van der Waals surface area contributed by atoms with Crippen LogP contribution in [0, 0.1) is 6.92 Å². The molecule has 0 radical (unpaired) electrons. The number of pyridine rings is 1. The normalized spacial score (nSPS) is 11.3. The van der Waals surface area contributed by atoms with E-state index < -0.39 is 10.0 Å². The molecule has 1 N–H and O–H groups in total. The second kappa shape index (κ2) is 5.36. The van der Waals surface area contributed by atoms with Gasteiger partial charge in [-0.25, -0.2) is 13.4 Å². The van der Waals surface area contributed by atoms with Crippen LogP contribution in [0.1, 0.15) is 5.56 Å². The fourth-order valence-corrected chi connectivity index (χ4v) is 3.23. The van der Waals surface area contributed by atoms with E-state index in [2.05, 4.69) is 9.71 Å². The molecule has 0 atom stereocenters. The molecule has 19 heavy (non-hydrogen) atoms. The van der Waals surface area contributed by atoms with Gasteiger partial charge in [-0.15, -0.1) is 0 Å². The molecule has 0 unspecified atom stereocenters. The highest BCUT2D eigenvalue weighted by molar-refractivity contribution is 7.92. The van der Waals surface area contributed by atoms with E-state index in [1.807, 2.05) is 6.92 Å². The van der Waals surface area contributed by atoms with Crippen LogP contribution in [0.15, 0.2) is 41.4 Å². The minimum atomic E-state index is -3.74. The first-order chi connectivity index (χ1) is 8.88. The Morgan fingerprint density at radius 2 is 1.89 bits per heavy atom. The number of anilines is 1. The zero-order valence-electron chi connectivity index (χ0n) is 9.89. The monoisotopic (exact) mass is 316 g/mol. The van der Waals surface area contributed by atoms with Crippen molar-refractivity contribution < 1.29 is 8.42 Å². The number of nitrogens with zero attached hydrogens (tertiary/aromatic N) is 1. The quantitative estimate of drug-likeness (QED) is 0.882. The number of aryl methyl sites for hydroxylation is 1. The Labute approximate surface area is 121 Å². The van der Waals surface area contributed by atoms with Gasteiger partial charge in [-0.1, -0.05) is 29.3 Å². The Morgan fingerprint density at radius 1 is 1.16 bits per heavy atom. The number of benzene rings is 1. The molecule has 0 aliphatic rings. The van der Waals surface area contributed by atoms with Crippen molar-refractivity contribution in [3.8, 4) is 0 Å². The van der Waals surface area contributed by atoms with Crippen LogP contribution in [-0.4, -0.2) is 13.4 Å². The molecule has 0 bridgehead atoms. The summed E-state index contributed by atoms with van der Waals surface area (Å²) in [5.41, 5.74) is 1.21. The average molecular weight is 317 g/mol. The van der Waals surface area contributed by atoms with Crippen LogP contribution < -0.4 is 4.72 Å². The maximum absolute atomic E-state index is 12.2. The summed E-state index contributed by atoms with van der Waals surface area (Å²) in [6.07, 6.45) is 1.34. The molecule has 0 saturated carbocycles. The minimum Gasteiger partial charge on any atom is -0.278 e. The first-order valence-electron chi connectivity index (χ1n) is 5.29. The maximum atomic E-state index is 12.2. The molecule has 0 amide bonds. The van der Waals surface area contributed by atoms with Gasteiger partial charge in [0.1, 0.15) is 10.0 Å². The summed E-state index contributed by atoms with van der Waals surface area (Å²) in [5.74, 6) is 0. The second-order valence-electron chi connectivity index (χ2n) is 3.91. The molecule has 1 aromatic carbocycles. The summed E-state index contributed by atoms with van der Waals surface area (Å²) in [5, 5.41) is 0.464. The molecule has 100 valence electrons. The van der Waals surface area contributed by atoms with Crippen LogP contribution in [0.5, 0.6) is 0 Å². The summed E-state index contributed by atoms with van der Waals surface area (Å²) < 4.78 is 26.7. The van der Waals surface area contributed by atoms with Gasteiger partial charge in [-0.05, 0) is 36.8 Å². The van der Waals surface area contributed by atoms with Crippen LogP contribution in [0.25, 0.3) is 0 Å². The highest BCUT2D eigenvalue weighted by Gasteiger charge is 2.18. The molecule has 0 spiro atoms. The lowest BCUT2D eigenvalue weighted by molar-refractivity contribution is 0.601. The van der Waals surface area contributed by atoms with E-state index in [1.165, 1.54) is 24.4 Å². The predicted octanol–water partition coefficient (Wildman–Crippen LogP) is 3.50. The van der Waals surface area contributed by atoms with Gasteiger partial charge in [0.15, 0.2) is 0 Å². The van der Waals surface area contributed by atoms with Crippen molar-refractivity contribution in [1.82, 2.24) is 4.98 Å². The van der Waals surface area contributed by atoms with Crippen LogP contribution >= 0.6 is 23.2 Å². The molecule has 7 heteroatoms. The van der Waals surface area contributed by atoms with E-state index in [4.69, 9.17) is 23.2 Å². The van der Waals surface area contributed by atoms with Crippen molar-refractivity contribution in [3.63, 3.8) is 0 Å². The van der Waals surface area contributed by atoms with E-state index in [-0.39, 0.29) is 15.1 Å². The van der Waals surface area contributed by atoms with Gasteiger partial charge in [-0.3, -0.25) is 4.72 Å². The molecule has 4 nitrogen and oxygen atoms in total. The Morgan fingerprint density at radius 3 is 2.47 bits per heavy atom. The molecule has 1 heterocycles. The fourth-order valence-electron chi connectivity index (χ4n) is 1.47. The van der Waals surface area contributed by atoms with Gasteiger partial charge in [0.05, 0.1) is 16.9 Å². The molecule has 1 aromatic heterocycles. The van der Waals surface area contributed by atoms with Crippen molar-refractivity contribution in [1.29, 1.82) is 0 Å². The molecule has 0 aliphatic carbocycles. The molecule has 0 aliphatic heterocycles. The number of hydrogen-bond acceptors (Lipinski definition) is 3. The number of halogens is 2. The van der Waals surface area contributed by atoms with Crippen LogP contribution in [0.2, 0.25) is 10.2 Å². The third-order valence-electron chi connectivity index (χ3n) is 2.36. The first kappa shape index (κ1) is 14.1. The van der Waals surface area contributed by atoms with Crippen molar-refractivity contribution in [3.05, 3.63) is 52.3 Å². The fraction of sp³-hybridized carbons (Fsp3) is 0.0833. The van der Waals surface area contributed by atoms with Crippen molar-refractivity contribution >= 4 is 38.9 Å². The van der Waals surface area contributed by atoms with E-state index in [1.54, 1.807) is 12.1 Å². The zero-order chi connectivity index (χ0) is 14.0. The number of aromatic nitrogens is 1. The molecular formula is C12H10Cl2N2O2S. The Bertz CT molecular complexity index is 700. The van der Waals surface area contributed by atoms with Gasteiger partial charge in [0, 0.05) is 0 Å². The lowest BCUT2D eigenvalue weighted by Gasteiger charge is -2.09. The molecule has 0 saturated heterocycles. The largest absolute Gasteiger partial charge is 0.278 e. The third-order valence-corrected chi connectivity index (χ3v) is 4.44. The van der Waals surface area contributed by atoms with Gasteiger partial charge < -0.3 is 0 Å². The standard InChI is InChI=1S/C12H10Cl2N2O2S/c1-8-2-4-11(10(13)6-8)19(17,18)16-9-3-5-12(14)15-7-9/h2-7,16H,1H3. The van der Waals surface area contributed by atoms with E-state index in [0.29, 0.717) is 5.69 Å². The highest BCUT2D eigenvalue weighted by Crippen LogP contribution is 2.24. The van der Waals surface area contributed by atoms with Crippen LogP contribution in [0.3, 0.4) is 0 Å². The maximum Gasteiger partial charge on any atom is 0.263 e. The van der Waals surface area contributed by atoms with E-state index in [0.717, 1.165) is 5.56 Å². The molecule has 2 aromatic rings. The van der Waals surface area contributed by atoms with Crippen molar-refractivity contribution in [2.45, 2.75) is 11.8 Å². The van der Waals surface area contributed by atoms with Crippen molar-refractivity contribution in [2.24, 2.45) is 0 Å². The highest BCUT2D eigenvalue weighted by atomic mass is 35.5. The minimum absolute atomic E-state index is 0.0229.